The van der Waals surface area contributed by atoms with Crippen LogP contribution in [0.5, 0.6) is 5.75 Å². The Balaban J connectivity index is 0.00000225. The summed E-state index contributed by atoms with van der Waals surface area (Å²) in [5, 5.41) is 6.47. The molecule has 2 aromatic rings. The molecule has 2 amide bonds. The summed E-state index contributed by atoms with van der Waals surface area (Å²) >= 11 is 0. The van der Waals surface area contributed by atoms with Gasteiger partial charge < -0.3 is 15.8 Å². The second-order valence-electron chi connectivity index (χ2n) is 6.75. The Morgan fingerprint density at radius 2 is 1.90 bits per heavy atom. The number of rotatable bonds is 6. The highest BCUT2D eigenvalue weighted by Crippen LogP contribution is 2.35. The fourth-order valence-electron chi connectivity index (χ4n) is 2.92. The van der Waals surface area contributed by atoms with Crippen LogP contribution in [0.3, 0.4) is 0 Å². The van der Waals surface area contributed by atoms with E-state index in [0.29, 0.717) is 23.8 Å². The quantitative estimate of drug-likeness (QED) is 0.603. The van der Waals surface area contributed by atoms with Crippen LogP contribution in [-0.2, 0) is 0 Å². The van der Waals surface area contributed by atoms with Crippen LogP contribution in [0.2, 0.25) is 0 Å². The highest BCUT2D eigenvalue weighted by atomic mass is 35.5. The number of para-hydroxylation sites is 1. The van der Waals surface area contributed by atoms with Crippen LogP contribution in [0.4, 0.5) is 21.9 Å². The number of amidine groups is 1. The molecule has 164 valence electrons. The van der Waals surface area contributed by atoms with E-state index in [-0.39, 0.29) is 36.9 Å². The van der Waals surface area contributed by atoms with Gasteiger partial charge in [-0.05, 0) is 43.7 Å². The number of nitrogens with two attached hydrogens (primary N) is 1. The molecule has 0 fully saturated rings. The number of carbonyl (C=O) groups excluding carboxylic acids is 1. The summed E-state index contributed by atoms with van der Waals surface area (Å²) in [7, 11) is 1.86. The number of urea groups is 1. The predicted molar refractivity (Wildman–Crippen MR) is 128 cm³/mol. The van der Waals surface area contributed by atoms with Crippen molar-refractivity contribution in [1.82, 2.24) is 5.01 Å². The molecular weight excluding hydrogens is 425 g/mol. The summed E-state index contributed by atoms with van der Waals surface area (Å²) in [6, 6.07) is 14.9. The lowest BCUT2D eigenvalue weighted by molar-refractivity contribution is 0.208. The summed E-state index contributed by atoms with van der Waals surface area (Å²) < 4.78 is 5.76. The lowest BCUT2D eigenvalue weighted by Crippen LogP contribution is -2.47. The largest absolute Gasteiger partial charge is 0.481 e. The Labute approximate surface area is 190 Å². The summed E-state index contributed by atoms with van der Waals surface area (Å²) in [6.45, 7) is 4.56. The van der Waals surface area contributed by atoms with Gasteiger partial charge in [-0.3, -0.25) is 5.01 Å². The second kappa shape index (κ2) is 11.5. The van der Waals surface area contributed by atoms with Gasteiger partial charge in [-0.2, -0.15) is 0 Å². The minimum absolute atomic E-state index is 0. The summed E-state index contributed by atoms with van der Waals surface area (Å²) in [4.78, 5) is 17.3. The van der Waals surface area contributed by atoms with E-state index >= 15 is 0 Å². The number of nitrogens with zero attached hydrogens (tertiary/aromatic N) is 3. The number of aliphatic imine (C=N–C) groups is 1. The van der Waals surface area contributed by atoms with Crippen molar-refractivity contribution in [3.63, 3.8) is 0 Å². The van der Waals surface area contributed by atoms with Gasteiger partial charge >= 0.3 is 6.03 Å². The van der Waals surface area contributed by atoms with Gasteiger partial charge in [0, 0.05) is 19.3 Å². The second-order valence-corrected chi connectivity index (χ2v) is 6.75. The van der Waals surface area contributed by atoms with Gasteiger partial charge in [0.15, 0.2) is 6.10 Å². The molecule has 0 spiro atoms. The maximum absolute atomic E-state index is 12.9. The molecule has 0 saturated carbocycles. The van der Waals surface area contributed by atoms with Crippen molar-refractivity contribution in [2.24, 2.45) is 10.7 Å². The highest BCUT2D eigenvalue weighted by molar-refractivity contribution is 5.91. The van der Waals surface area contributed by atoms with Crippen molar-refractivity contribution in [2.45, 2.75) is 32.8 Å². The van der Waals surface area contributed by atoms with Gasteiger partial charge in [-0.15, -0.1) is 24.8 Å². The van der Waals surface area contributed by atoms with Crippen LogP contribution in [0, 0.1) is 0 Å². The van der Waals surface area contributed by atoms with Crippen LogP contribution in [0.1, 0.15) is 26.7 Å². The van der Waals surface area contributed by atoms with E-state index < -0.39 is 0 Å². The van der Waals surface area contributed by atoms with Crippen molar-refractivity contribution < 1.29 is 9.53 Å². The van der Waals surface area contributed by atoms with Gasteiger partial charge in [-0.25, -0.2) is 14.8 Å². The molecule has 3 rings (SSSR count). The molecule has 2 aromatic carbocycles. The standard InChI is InChI=1S/C21H27N5O2.2ClH/c1-4-5-13-26(21(27)23-16-9-7-6-8-10-16)25(3)17-11-12-19-18(14-17)24-20(22)15(2)28-19;;/h6-12,14-15H,4-5,13H2,1-3H3,(H2,22,24)(H,23,27);2*1H. The van der Waals surface area contributed by atoms with E-state index in [1.165, 1.54) is 0 Å². The molecule has 1 unspecified atom stereocenters. The number of carbonyl (C=O) groups is 1. The number of anilines is 2. The first-order chi connectivity index (χ1) is 13.5. The van der Waals surface area contributed by atoms with Crippen LogP contribution < -0.4 is 20.8 Å². The molecular formula is C21H29Cl2N5O2. The third-order valence-corrected chi connectivity index (χ3v) is 4.63. The van der Waals surface area contributed by atoms with Gasteiger partial charge in [0.2, 0.25) is 0 Å². The fourth-order valence-corrected chi connectivity index (χ4v) is 2.92. The van der Waals surface area contributed by atoms with Gasteiger partial charge in [-0.1, -0.05) is 31.5 Å². The Bertz CT molecular complexity index is 864. The van der Waals surface area contributed by atoms with E-state index in [4.69, 9.17) is 10.5 Å². The number of nitrogens with one attached hydrogen (secondary N) is 1. The predicted octanol–water partition coefficient (Wildman–Crippen LogP) is 4.99. The maximum Gasteiger partial charge on any atom is 0.340 e. The van der Waals surface area contributed by atoms with Crippen molar-refractivity contribution in [2.75, 3.05) is 23.9 Å². The Morgan fingerprint density at radius 1 is 1.20 bits per heavy atom. The lowest BCUT2D eigenvalue weighted by Gasteiger charge is -2.34. The SMILES string of the molecule is CCCCN(C(=O)Nc1ccccc1)N(C)c1ccc2c(c1)N=C(N)C(C)O2.Cl.Cl. The molecule has 7 nitrogen and oxygen atoms in total. The topological polar surface area (TPSA) is 83.2 Å². The molecule has 1 heterocycles. The fraction of sp³-hybridized carbons (Fsp3) is 0.333. The van der Waals surface area contributed by atoms with E-state index in [9.17, 15) is 4.79 Å². The average molecular weight is 454 g/mol. The Morgan fingerprint density at radius 3 is 2.57 bits per heavy atom. The highest BCUT2D eigenvalue weighted by Gasteiger charge is 2.22. The first-order valence-electron chi connectivity index (χ1n) is 9.51. The number of hydrogen-bond acceptors (Lipinski definition) is 5. The number of halogens is 2. The number of amides is 2. The first-order valence-corrected chi connectivity index (χ1v) is 9.51. The van der Waals surface area contributed by atoms with Crippen molar-refractivity contribution in [3.8, 4) is 5.75 Å². The van der Waals surface area contributed by atoms with Crippen molar-refractivity contribution in [3.05, 3.63) is 48.5 Å². The molecule has 9 heteroatoms. The zero-order valence-corrected chi connectivity index (χ0v) is 19.0. The van der Waals surface area contributed by atoms with Crippen LogP contribution >= 0.6 is 24.8 Å². The normalized spacial score (nSPS) is 14.1. The summed E-state index contributed by atoms with van der Waals surface area (Å²) in [6.07, 6.45) is 1.64. The smallest absolute Gasteiger partial charge is 0.340 e. The molecule has 1 aliphatic heterocycles. The number of hydrogen-bond donors (Lipinski definition) is 2. The van der Waals surface area contributed by atoms with Crippen LogP contribution in [0.15, 0.2) is 53.5 Å². The molecule has 0 bridgehead atoms. The maximum atomic E-state index is 12.9. The average Bonchev–Trinajstić information content (AvgIpc) is 2.69. The minimum atomic E-state index is -0.242. The number of unbranched alkanes of at least 4 members (excludes halogenated alkanes) is 1. The number of fused-ring (bicyclic) bond motifs is 1. The Hall–Kier alpha value is -2.64. The zero-order chi connectivity index (χ0) is 20.1. The summed E-state index contributed by atoms with van der Waals surface area (Å²) in [5.41, 5.74) is 8.17. The molecule has 0 radical (unpaired) electrons. The zero-order valence-electron chi connectivity index (χ0n) is 17.4. The third-order valence-electron chi connectivity index (χ3n) is 4.63. The van der Waals surface area contributed by atoms with Crippen molar-refractivity contribution in [1.29, 1.82) is 0 Å². The molecule has 30 heavy (non-hydrogen) atoms. The third kappa shape index (κ3) is 5.93. The van der Waals surface area contributed by atoms with Gasteiger partial charge in [0.1, 0.15) is 17.3 Å². The lowest BCUT2D eigenvalue weighted by atomic mass is 10.2. The number of hydrazine groups is 1. The molecule has 0 aliphatic carbocycles. The molecule has 0 aromatic heterocycles. The number of ether oxygens (including phenoxy) is 1. The molecule has 0 saturated heterocycles. The van der Waals surface area contributed by atoms with E-state index in [2.05, 4.69) is 17.2 Å². The monoisotopic (exact) mass is 453 g/mol. The molecule has 3 N–H and O–H groups in total. The minimum Gasteiger partial charge on any atom is -0.481 e. The van der Waals surface area contributed by atoms with E-state index in [1.807, 2.05) is 67.5 Å². The van der Waals surface area contributed by atoms with Gasteiger partial charge in [0.05, 0.1) is 5.69 Å². The van der Waals surface area contributed by atoms with Crippen LogP contribution in [0.25, 0.3) is 0 Å². The molecule has 1 atom stereocenters. The van der Waals surface area contributed by atoms with E-state index in [0.717, 1.165) is 24.2 Å². The van der Waals surface area contributed by atoms with Gasteiger partial charge in [0.25, 0.3) is 0 Å². The summed E-state index contributed by atoms with van der Waals surface area (Å²) in [5.74, 6) is 1.13. The first kappa shape index (κ1) is 25.4. The Kier molecular flexibility index (Phi) is 9.75. The number of benzene rings is 2. The molecule has 1 aliphatic rings. The van der Waals surface area contributed by atoms with Crippen LogP contribution in [-0.4, -0.2) is 36.6 Å². The van der Waals surface area contributed by atoms with Crippen molar-refractivity contribution >= 4 is 53.7 Å². The van der Waals surface area contributed by atoms with E-state index in [1.54, 1.807) is 5.01 Å².